The van der Waals surface area contributed by atoms with Gasteiger partial charge in [-0.2, -0.15) is 0 Å². The molecular weight excluding hydrogens is 200 g/mol. The van der Waals surface area contributed by atoms with E-state index in [9.17, 15) is 0 Å². The van der Waals surface area contributed by atoms with Crippen LogP contribution in [0.3, 0.4) is 0 Å². The molecule has 1 unspecified atom stereocenters. The van der Waals surface area contributed by atoms with Crippen molar-refractivity contribution in [2.75, 3.05) is 11.9 Å². The number of anilines is 1. The number of pyridine rings is 1. The van der Waals surface area contributed by atoms with Crippen molar-refractivity contribution in [3.05, 3.63) is 22.8 Å². The first-order chi connectivity index (χ1) is 6.67. The van der Waals surface area contributed by atoms with Crippen LogP contribution in [-0.2, 0) is 0 Å². The van der Waals surface area contributed by atoms with E-state index in [2.05, 4.69) is 10.3 Å². The van der Waals surface area contributed by atoms with E-state index >= 15 is 0 Å². The normalized spacial score (nSPS) is 12.6. The van der Waals surface area contributed by atoms with Gasteiger partial charge in [0, 0.05) is 5.69 Å². The Morgan fingerprint density at radius 3 is 2.86 bits per heavy atom. The van der Waals surface area contributed by atoms with Gasteiger partial charge in [-0.05, 0) is 25.5 Å². The molecule has 0 saturated carbocycles. The van der Waals surface area contributed by atoms with Crippen molar-refractivity contribution in [1.29, 1.82) is 0 Å². The van der Waals surface area contributed by atoms with Gasteiger partial charge in [-0.1, -0.05) is 18.5 Å². The summed E-state index contributed by atoms with van der Waals surface area (Å²) in [6, 6.07) is 3.67. The molecule has 0 fully saturated rings. The van der Waals surface area contributed by atoms with E-state index in [1.54, 1.807) is 6.07 Å². The first-order valence-electron chi connectivity index (χ1n) is 4.68. The minimum atomic E-state index is 0.0156. The molecule has 0 aliphatic heterocycles. The van der Waals surface area contributed by atoms with Crippen LogP contribution in [-0.4, -0.2) is 22.7 Å². The number of hydrogen-bond acceptors (Lipinski definition) is 3. The third kappa shape index (κ3) is 2.86. The van der Waals surface area contributed by atoms with Gasteiger partial charge in [0.25, 0.3) is 0 Å². The van der Waals surface area contributed by atoms with E-state index in [1.807, 2.05) is 19.9 Å². The van der Waals surface area contributed by atoms with Gasteiger partial charge in [-0.15, -0.1) is 0 Å². The van der Waals surface area contributed by atoms with Crippen LogP contribution in [0.2, 0.25) is 5.02 Å². The Morgan fingerprint density at radius 1 is 1.57 bits per heavy atom. The molecule has 0 aromatic carbocycles. The average Bonchev–Trinajstić information content (AvgIpc) is 2.19. The zero-order valence-electron chi connectivity index (χ0n) is 8.42. The number of aliphatic hydroxyl groups excluding tert-OH is 1. The van der Waals surface area contributed by atoms with Crippen LogP contribution in [0.5, 0.6) is 0 Å². The second-order valence-electron chi connectivity index (χ2n) is 3.22. The lowest BCUT2D eigenvalue weighted by Gasteiger charge is -2.15. The largest absolute Gasteiger partial charge is 0.394 e. The second-order valence-corrected chi connectivity index (χ2v) is 3.62. The van der Waals surface area contributed by atoms with Crippen LogP contribution in [0.4, 0.5) is 5.82 Å². The van der Waals surface area contributed by atoms with Gasteiger partial charge >= 0.3 is 0 Å². The Bertz CT molecular complexity index is 300. The maximum absolute atomic E-state index is 9.01. The maximum atomic E-state index is 9.01. The molecule has 0 radical (unpaired) electrons. The first kappa shape index (κ1) is 11.3. The van der Waals surface area contributed by atoms with Crippen molar-refractivity contribution < 1.29 is 5.11 Å². The Balaban J connectivity index is 2.79. The fraction of sp³-hybridized carbons (Fsp3) is 0.500. The summed E-state index contributed by atoms with van der Waals surface area (Å²) in [5, 5.41) is 12.7. The highest BCUT2D eigenvalue weighted by molar-refractivity contribution is 6.32. The van der Waals surface area contributed by atoms with Crippen LogP contribution in [0, 0.1) is 6.92 Å². The maximum Gasteiger partial charge on any atom is 0.145 e. The SMILES string of the molecule is CCC(CO)Nc1nc(C)ccc1Cl. The topological polar surface area (TPSA) is 45.1 Å². The van der Waals surface area contributed by atoms with Crippen molar-refractivity contribution in [3.63, 3.8) is 0 Å². The molecule has 0 bridgehead atoms. The van der Waals surface area contributed by atoms with Gasteiger partial charge in [0.15, 0.2) is 0 Å². The first-order valence-corrected chi connectivity index (χ1v) is 5.05. The number of halogens is 1. The molecule has 0 aliphatic carbocycles. The molecule has 0 amide bonds. The summed E-state index contributed by atoms with van der Waals surface area (Å²) in [6.45, 7) is 3.99. The summed E-state index contributed by atoms with van der Waals surface area (Å²) in [5.74, 6) is 0.646. The van der Waals surface area contributed by atoms with E-state index in [0.717, 1.165) is 12.1 Å². The molecular formula is C10H15ClN2O. The van der Waals surface area contributed by atoms with Gasteiger partial charge in [0.05, 0.1) is 17.7 Å². The zero-order valence-corrected chi connectivity index (χ0v) is 9.17. The van der Waals surface area contributed by atoms with Crippen molar-refractivity contribution in [1.82, 2.24) is 4.98 Å². The van der Waals surface area contributed by atoms with Crippen molar-refractivity contribution in [2.45, 2.75) is 26.3 Å². The van der Waals surface area contributed by atoms with Gasteiger partial charge in [0.1, 0.15) is 5.82 Å². The predicted octanol–water partition coefficient (Wildman–Crippen LogP) is 2.23. The molecule has 3 nitrogen and oxygen atoms in total. The Hall–Kier alpha value is -0.800. The summed E-state index contributed by atoms with van der Waals surface area (Å²) in [7, 11) is 0. The summed E-state index contributed by atoms with van der Waals surface area (Å²) < 4.78 is 0. The van der Waals surface area contributed by atoms with E-state index in [-0.39, 0.29) is 12.6 Å². The lowest BCUT2D eigenvalue weighted by molar-refractivity contribution is 0.271. The van der Waals surface area contributed by atoms with Crippen LogP contribution < -0.4 is 5.32 Å². The summed E-state index contributed by atoms with van der Waals surface area (Å²) in [6.07, 6.45) is 0.836. The number of nitrogens with zero attached hydrogens (tertiary/aromatic N) is 1. The van der Waals surface area contributed by atoms with E-state index in [1.165, 1.54) is 0 Å². The molecule has 0 saturated heterocycles. The Kier molecular flexibility index (Phi) is 4.17. The highest BCUT2D eigenvalue weighted by Crippen LogP contribution is 2.20. The summed E-state index contributed by atoms with van der Waals surface area (Å²) >= 11 is 5.95. The molecule has 1 rings (SSSR count). The number of aliphatic hydroxyl groups is 1. The summed E-state index contributed by atoms with van der Waals surface area (Å²) in [4.78, 5) is 4.25. The molecule has 2 N–H and O–H groups in total. The van der Waals surface area contributed by atoms with Crippen LogP contribution in [0.1, 0.15) is 19.0 Å². The third-order valence-electron chi connectivity index (χ3n) is 2.04. The van der Waals surface area contributed by atoms with Crippen molar-refractivity contribution in [2.24, 2.45) is 0 Å². The van der Waals surface area contributed by atoms with Crippen LogP contribution >= 0.6 is 11.6 Å². The molecule has 0 aliphatic rings. The predicted molar refractivity (Wildman–Crippen MR) is 58.8 cm³/mol. The molecule has 0 spiro atoms. The molecule has 1 heterocycles. The number of rotatable bonds is 4. The average molecular weight is 215 g/mol. The number of hydrogen-bond donors (Lipinski definition) is 2. The van der Waals surface area contributed by atoms with Gasteiger partial charge in [-0.25, -0.2) is 4.98 Å². The minimum Gasteiger partial charge on any atom is -0.394 e. The van der Waals surface area contributed by atoms with Crippen molar-refractivity contribution in [3.8, 4) is 0 Å². The van der Waals surface area contributed by atoms with E-state index in [0.29, 0.717) is 10.8 Å². The standard InChI is InChI=1S/C10H15ClN2O/c1-3-8(6-14)13-10-9(11)5-4-7(2)12-10/h4-5,8,14H,3,6H2,1-2H3,(H,12,13). The lowest BCUT2D eigenvalue weighted by Crippen LogP contribution is -2.23. The minimum absolute atomic E-state index is 0.0156. The number of aromatic nitrogens is 1. The second kappa shape index (κ2) is 5.17. The van der Waals surface area contributed by atoms with Crippen LogP contribution in [0.25, 0.3) is 0 Å². The smallest absolute Gasteiger partial charge is 0.145 e. The molecule has 1 aromatic rings. The third-order valence-corrected chi connectivity index (χ3v) is 2.34. The van der Waals surface area contributed by atoms with Gasteiger partial charge in [-0.3, -0.25) is 0 Å². The van der Waals surface area contributed by atoms with Crippen molar-refractivity contribution >= 4 is 17.4 Å². The fourth-order valence-electron chi connectivity index (χ4n) is 1.11. The number of nitrogens with one attached hydrogen (secondary N) is 1. The highest BCUT2D eigenvalue weighted by atomic mass is 35.5. The summed E-state index contributed by atoms with van der Waals surface area (Å²) in [5.41, 5.74) is 0.907. The Labute approximate surface area is 89.1 Å². The molecule has 1 aromatic heterocycles. The molecule has 4 heteroatoms. The molecule has 78 valence electrons. The van der Waals surface area contributed by atoms with E-state index < -0.39 is 0 Å². The lowest BCUT2D eigenvalue weighted by atomic mass is 10.2. The Morgan fingerprint density at radius 2 is 2.29 bits per heavy atom. The van der Waals surface area contributed by atoms with E-state index in [4.69, 9.17) is 16.7 Å². The zero-order chi connectivity index (χ0) is 10.6. The van der Waals surface area contributed by atoms with Crippen LogP contribution in [0.15, 0.2) is 12.1 Å². The van der Waals surface area contributed by atoms with Gasteiger partial charge in [0.2, 0.25) is 0 Å². The highest BCUT2D eigenvalue weighted by Gasteiger charge is 2.08. The number of aryl methyl sites for hydroxylation is 1. The monoisotopic (exact) mass is 214 g/mol. The van der Waals surface area contributed by atoms with Gasteiger partial charge < -0.3 is 10.4 Å². The molecule has 14 heavy (non-hydrogen) atoms. The quantitative estimate of drug-likeness (QED) is 0.808. The fourth-order valence-corrected chi connectivity index (χ4v) is 1.27. The molecule has 1 atom stereocenters.